The highest BCUT2D eigenvalue weighted by molar-refractivity contribution is 6.30. The molecule has 2 atom stereocenters. The predicted molar refractivity (Wildman–Crippen MR) is 93.7 cm³/mol. The Balaban J connectivity index is 1.65. The van der Waals surface area contributed by atoms with Crippen LogP contribution in [0.4, 0.5) is 0 Å². The second-order valence-electron chi connectivity index (χ2n) is 5.90. The van der Waals surface area contributed by atoms with E-state index in [2.05, 4.69) is 17.4 Å². The van der Waals surface area contributed by atoms with Crippen LogP contribution >= 0.6 is 11.6 Å². The average molecular weight is 332 g/mol. The van der Waals surface area contributed by atoms with E-state index in [9.17, 15) is 0 Å². The lowest BCUT2D eigenvalue weighted by molar-refractivity contribution is 0.197. The fourth-order valence-electron chi connectivity index (χ4n) is 3.12. The van der Waals surface area contributed by atoms with Crippen LogP contribution in [0, 0.1) is 5.92 Å². The van der Waals surface area contributed by atoms with Gasteiger partial charge in [-0.1, -0.05) is 23.7 Å². The number of piperidine rings is 1. The van der Waals surface area contributed by atoms with Crippen molar-refractivity contribution in [2.45, 2.75) is 12.3 Å². The molecule has 0 spiro atoms. The highest BCUT2D eigenvalue weighted by Gasteiger charge is 2.26. The molecule has 0 aliphatic carbocycles. The van der Waals surface area contributed by atoms with E-state index >= 15 is 0 Å². The third kappa shape index (κ3) is 4.18. The van der Waals surface area contributed by atoms with Crippen LogP contribution in [-0.4, -0.2) is 26.8 Å². The smallest absolute Gasteiger partial charge is 0.119 e. The van der Waals surface area contributed by atoms with Gasteiger partial charge in [-0.15, -0.1) is 0 Å². The summed E-state index contributed by atoms with van der Waals surface area (Å²) in [5, 5.41) is 4.26. The number of rotatable bonds is 5. The van der Waals surface area contributed by atoms with Gasteiger partial charge in [-0.25, -0.2) is 0 Å². The van der Waals surface area contributed by atoms with Gasteiger partial charge in [0.25, 0.3) is 0 Å². The number of ether oxygens (including phenoxy) is 2. The van der Waals surface area contributed by atoms with E-state index in [1.54, 1.807) is 7.11 Å². The van der Waals surface area contributed by atoms with Crippen molar-refractivity contribution in [3.63, 3.8) is 0 Å². The highest BCUT2D eigenvalue weighted by atomic mass is 35.5. The maximum Gasteiger partial charge on any atom is 0.119 e. The molecule has 3 rings (SSSR count). The molecular weight excluding hydrogens is 310 g/mol. The lowest BCUT2D eigenvalue weighted by Crippen LogP contribution is -2.38. The van der Waals surface area contributed by atoms with Crippen LogP contribution in [0.25, 0.3) is 0 Å². The normalized spacial score (nSPS) is 21.0. The summed E-state index contributed by atoms with van der Waals surface area (Å²) in [5.41, 5.74) is 1.35. The predicted octanol–water partition coefficient (Wildman–Crippen LogP) is 4.12. The van der Waals surface area contributed by atoms with Crippen LogP contribution in [0.2, 0.25) is 5.02 Å². The quantitative estimate of drug-likeness (QED) is 0.894. The van der Waals surface area contributed by atoms with Gasteiger partial charge in [0.15, 0.2) is 0 Å². The van der Waals surface area contributed by atoms with Gasteiger partial charge in [0.1, 0.15) is 11.5 Å². The first kappa shape index (κ1) is 16.2. The van der Waals surface area contributed by atoms with Gasteiger partial charge in [0.05, 0.1) is 13.7 Å². The van der Waals surface area contributed by atoms with Crippen molar-refractivity contribution in [3.8, 4) is 11.5 Å². The number of benzene rings is 2. The molecule has 1 aliphatic heterocycles. The third-order valence-electron chi connectivity index (χ3n) is 4.43. The van der Waals surface area contributed by atoms with Crippen LogP contribution in [-0.2, 0) is 0 Å². The van der Waals surface area contributed by atoms with E-state index in [4.69, 9.17) is 21.1 Å². The van der Waals surface area contributed by atoms with Gasteiger partial charge < -0.3 is 14.8 Å². The standard InChI is InChI=1S/C19H22ClNO2/c1-22-17-6-8-18(9-7-17)23-13-15-12-21-11-10-19(15)14-2-4-16(20)5-3-14/h2-9,15,19,21H,10-13H2,1H3/t15-,19-/m1/s1. The highest BCUT2D eigenvalue weighted by Crippen LogP contribution is 2.31. The third-order valence-corrected chi connectivity index (χ3v) is 4.68. The van der Waals surface area contributed by atoms with Crippen LogP contribution in [0.3, 0.4) is 0 Å². The summed E-state index contributed by atoms with van der Waals surface area (Å²) in [6, 6.07) is 16.0. The Hall–Kier alpha value is -1.71. The first-order chi connectivity index (χ1) is 11.3. The first-order valence-electron chi connectivity index (χ1n) is 7.99. The Bertz CT molecular complexity index is 612. The molecular formula is C19H22ClNO2. The molecule has 1 heterocycles. The minimum atomic E-state index is 0.451. The maximum absolute atomic E-state index is 6.01. The fraction of sp³-hybridized carbons (Fsp3) is 0.368. The maximum atomic E-state index is 6.01. The molecule has 0 aromatic heterocycles. The van der Waals surface area contributed by atoms with E-state index in [0.717, 1.165) is 36.0 Å². The summed E-state index contributed by atoms with van der Waals surface area (Å²) < 4.78 is 11.2. The number of nitrogens with one attached hydrogen (secondary N) is 1. The van der Waals surface area contributed by atoms with Gasteiger partial charge in [-0.05, 0) is 60.8 Å². The van der Waals surface area contributed by atoms with Gasteiger partial charge in [-0.3, -0.25) is 0 Å². The Morgan fingerprint density at radius 3 is 2.43 bits per heavy atom. The summed E-state index contributed by atoms with van der Waals surface area (Å²) in [5.74, 6) is 2.68. The lowest BCUT2D eigenvalue weighted by atomic mass is 9.81. The first-order valence-corrected chi connectivity index (χ1v) is 8.37. The minimum Gasteiger partial charge on any atom is -0.497 e. The molecule has 1 aliphatic rings. The molecule has 3 nitrogen and oxygen atoms in total. The molecule has 4 heteroatoms. The summed E-state index contributed by atoms with van der Waals surface area (Å²) in [6.07, 6.45) is 1.12. The zero-order valence-electron chi connectivity index (χ0n) is 13.3. The van der Waals surface area contributed by atoms with Gasteiger partial charge >= 0.3 is 0 Å². The van der Waals surface area contributed by atoms with E-state index in [0.29, 0.717) is 18.4 Å². The zero-order valence-corrected chi connectivity index (χ0v) is 14.1. The summed E-state index contributed by atoms with van der Waals surface area (Å²) in [4.78, 5) is 0. The van der Waals surface area contributed by atoms with E-state index in [-0.39, 0.29) is 0 Å². The van der Waals surface area contributed by atoms with Crippen molar-refractivity contribution in [3.05, 3.63) is 59.1 Å². The van der Waals surface area contributed by atoms with Crippen molar-refractivity contribution in [1.29, 1.82) is 0 Å². The molecule has 0 saturated carbocycles. The number of hydrogen-bond acceptors (Lipinski definition) is 3. The second-order valence-corrected chi connectivity index (χ2v) is 6.33. The Kier molecular flexibility index (Phi) is 5.42. The van der Waals surface area contributed by atoms with Gasteiger partial charge in [0, 0.05) is 17.5 Å². The average Bonchev–Trinajstić information content (AvgIpc) is 2.61. The molecule has 2 aromatic rings. The molecule has 1 N–H and O–H groups in total. The molecule has 0 unspecified atom stereocenters. The molecule has 23 heavy (non-hydrogen) atoms. The van der Waals surface area contributed by atoms with Crippen molar-refractivity contribution in [2.24, 2.45) is 5.92 Å². The largest absolute Gasteiger partial charge is 0.497 e. The Labute approximate surface area is 142 Å². The van der Waals surface area contributed by atoms with Gasteiger partial charge in [0.2, 0.25) is 0 Å². The summed E-state index contributed by atoms with van der Waals surface area (Å²) in [7, 11) is 1.67. The second kappa shape index (κ2) is 7.71. The van der Waals surface area contributed by atoms with Crippen LogP contribution in [0.1, 0.15) is 17.9 Å². The van der Waals surface area contributed by atoms with Crippen LogP contribution < -0.4 is 14.8 Å². The molecule has 0 amide bonds. The summed E-state index contributed by atoms with van der Waals surface area (Å²) >= 11 is 6.01. The number of halogens is 1. The van der Waals surface area contributed by atoms with E-state index in [1.165, 1.54) is 5.56 Å². The van der Waals surface area contributed by atoms with Gasteiger partial charge in [-0.2, -0.15) is 0 Å². The number of hydrogen-bond donors (Lipinski definition) is 1. The number of methoxy groups -OCH3 is 1. The topological polar surface area (TPSA) is 30.5 Å². The molecule has 1 fully saturated rings. The molecule has 0 radical (unpaired) electrons. The van der Waals surface area contributed by atoms with Crippen molar-refractivity contribution >= 4 is 11.6 Å². The lowest BCUT2D eigenvalue weighted by Gasteiger charge is -2.32. The molecule has 1 saturated heterocycles. The Morgan fingerprint density at radius 2 is 1.74 bits per heavy atom. The SMILES string of the molecule is COc1ccc(OC[C@H]2CNCC[C@@H]2c2ccc(Cl)cc2)cc1. The molecule has 0 bridgehead atoms. The monoisotopic (exact) mass is 331 g/mol. The molecule has 2 aromatic carbocycles. The minimum absolute atomic E-state index is 0.451. The van der Waals surface area contributed by atoms with Crippen molar-refractivity contribution in [2.75, 3.05) is 26.8 Å². The van der Waals surface area contributed by atoms with E-state index in [1.807, 2.05) is 36.4 Å². The Morgan fingerprint density at radius 1 is 1.04 bits per heavy atom. The van der Waals surface area contributed by atoms with Crippen molar-refractivity contribution in [1.82, 2.24) is 5.32 Å². The van der Waals surface area contributed by atoms with Crippen LogP contribution in [0.5, 0.6) is 11.5 Å². The van der Waals surface area contributed by atoms with E-state index < -0.39 is 0 Å². The summed E-state index contributed by atoms with van der Waals surface area (Å²) in [6.45, 7) is 2.72. The van der Waals surface area contributed by atoms with Crippen LogP contribution in [0.15, 0.2) is 48.5 Å². The molecule has 122 valence electrons. The zero-order chi connectivity index (χ0) is 16.1. The van der Waals surface area contributed by atoms with Crippen molar-refractivity contribution < 1.29 is 9.47 Å². The fourth-order valence-corrected chi connectivity index (χ4v) is 3.25.